The van der Waals surface area contributed by atoms with Crippen LogP contribution in [0.1, 0.15) is 39.5 Å². The van der Waals surface area contributed by atoms with E-state index in [9.17, 15) is 0 Å². The molecule has 1 rings (SSSR count). The summed E-state index contributed by atoms with van der Waals surface area (Å²) in [4.78, 5) is 0. The van der Waals surface area contributed by atoms with E-state index in [1.54, 1.807) is 5.57 Å². The third-order valence-corrected chi connectivity index (χ3v) is 2.42. The summed E-state index contributed by atoms with van der Waals surface area (Å²) in [5.41, 5.74) is 1.68. The van der Waals surface area contributed by atoms with Crippen LogP contribution < -0.4 is 5.32 Å². The van der Waals surface area contributed by atoms with Crippen molar-refractivity contribution in [2.24, 2.45) is 5.92 Å². The molecule has 0 bridgehead atoms. The molecule has 70 valence electrons. The maximum atomic E-state index is 3.37. The van der Waals surface area contributed by atoms with Gasteiger partial charge in [0.1, 0.15) is 0 Å². The first kappa shape index (κ1) is 9.79. The molecular weight excluding hydrogens is 146 g/mol. The van der Waals surface area contributed by atoms with Crippen molar-refractivity contribution in [3.63, 3.8) is 0 Å². The highest BCUT2D eigenvalue weighted by atomic mass is 14.9. The molecule has 0 unspecified atom stereocenters. The number of piperidine rings is 1. The third kappa shape index (κ3) is 3.91. The topological polar surface area (TPSA) is 12.0 Å². The molecule has 0 amide bonds. The molecule has 1 aliphatic rings. The molecule has 0 aromatic heterocycles. The standard InChI is InChI=1S/C11H21N/c1-10(2)4-3-5-11-6-8-12-9-7-11/h5,10,12H,3-4,6-9H2,1-2H3. The first-order valence-corrected chi connectivity index (χ1v) is 5.17. The molecule has 1 aliphatic heterocycles. The SMILES string of the molecule is CC(C)CCC=C1CCNCC1. The first-order valence-electron chi connectivity index (χ1n) is 5.17. The van der Waals surface area contributed by atoms with Gasteiger partial charge in [-0.2, -0.15) is 0 Å². The number of allylic oxidation sites excluding steroid dienone is 1. The van der Waals surface area contributed by atoms with E-state index in [1.807, 2.05) is 0 Å². The van der Waals surface area contributed by atoms with Gasteiger partial charge in [0.15, 0.2) is 0 Å². The van der Waals surface area contributed by atoms with Gasteiger partial charge in [-0.05, 0) is 44.7 Å². The smallest absolute Gasteiger partial charge is 0.00115 e. The van der Waals surface area contributed by atoms with E-state index in [1.165, 1.54) is 38.8 Å². The van der Waals surface area contributed by atoms with E-state index >= 15 is 0 Å². The fraction of sp³-hybridized carbons (Fsp3) is 0.818. The van der Waals surface area contributed by atoms with Crippen LogP contribution in [0.25, 0.3) is 0 Å². The summed E-state index contributed by atoms with van der Waals surface area (Å²) in [7, 11) is 0. The van der Waals surface area contributed by atoms with E-state index in [0.29, 0.717) is 0 Å². The van der Waals surface area contributed by atoms with Crippen LogP contribution in [0.3, 0.4) is 0 Å². The lowest BCUT2D eigenvalue weighted by atomic mass is 10.0. The molecular formula is C11H21N. The van der Waals surface area contributed by atoms with Crippen LogP contribution in [0.5, 0.6) is 0 Å². The number of hydrogen-bond acceptors (Lipinski definition) is 1. The summed E-state index contributed by atoms with van der Waals surface area (Å²) in [5, 5.41) is 3.37. The summed E-state index contributed by atoms with van der Waals surface area (Å²) in [6.07, 6.45) is 7.64. The molecule has 0 aromatic carbocycles. The second-order valence-electron chi connectivity index (χ2n) is 4.08. The Bertz CT molecular complexity index is 139. The van der Waals surface area contributed by atoms with Crippen molar-refractivity contribution in [2.75, 3.05) is 13.1 Å². The van der Waals surface area contributed by atoms with Gasteiger partial charge in [0, 0.05) is 0 Å². The van der Waals surface area contributed by atoms with Gasteiger partial charge in [-0.1, -0.05) is 25.5 Å². The summed E-state index contributed by atoms with van der Waals surface area (Å²) in [6, 6.07) is 0. The van der Waals surface area contributed by atoms with Crippen molar-refractivity contribution in [1.82, 2.24) is 5.32 Å². The quantitative estimate of drug-likeness (QED) is 0.637. The molecule has 1 nitrogen and oxygen atoms in total. The predicted molar refractivity (Wildman–Crippen MR) is 54.3 cm³/mol. The normalized spacial score (nSPS) is 18.4. The molecule has 1 heterocycles. The van der Waals surface area contributed by atoms with Crippen LogP contribution in [0.4, 0.5) is 0 Å². The Balaban J connectivity index is 2.16. The Morgan fingerprint density at radius 2 is 2.00 bits per heavy atom. The Morgan fingerprint density at radius 1 is 1.33 bits per heavy atom. The molecule has 1 saturated heterocycles. The second-order valence-corrected chi connectivity index (χ2v) is 4.08. The lowest BCUT2D eigenvalue weighted by Crippen LogP contribution is -2.23. The Hall–Kier alpha value is -0.300. The second kappa shape index (κ2) is 5.36. The van der Waals surface area contributed by atoms with Gasteiger partial charge in [0.05, 0.1) is 0 Å². The van der Waals surface area contributed by atoms with Crippen LogP contribution in [-0.2, 0) is 0 Å². The van der Waals surface area contributed by atoms with E-state index in [2.05, 4.69) is 25.2 Å². The highest BCUT2D eigenvalue weighted by Crippen LogP contribution is 2.13. The monoisotopic (exact) mass is 167 g/mol. The molecule has 0 spiro atoms. The van der Waals surface area contributed by atoms with Crippen molar-refractivity contribution < 1.29 is 0 Å². The van der Waals surface area contributed by atoms with Crippen molar-refractivity contribution in [3.05, 3.63) is 11.6 Å². The summed E-state index contributed by atoms with van der Waals surface area (Å²) >= 11 is 0. The van der Waals surface area contributed by atoms with E-state index in [-0.39, 0.29) is 0 Å². The highest BCUT2D eigenvalue weighted by molar-refractivity contribution is 5.05. The van der Waals surface area contributed by atoms with Gasteiger partial charge < -0.3 is 5.32 Å². The van der Waals surface area contributed by atoms with Crippen LogP contribution in [-0.4, -0.2) is 13.1 Å². The van der Waals surface area contributed by atoms with E-state index in [4.69, 9.17) is 0 Å². The van der Waals surface area contributed by atoms with Crippen LogP contribution in [0, 0.1) is 5.92 Å². The fourth-order valence-corrected chi connectivity index (χ4v) is 1.57. The number of nitrogens with one attached hydrogen (secondary N) is 1. The Morgan fingerprint density at radius 3 is 2.58 bits per heavy atom. The Kier molecular flexibility index (Phi) is 4.37. The van der Waals surface area contributed by atoms with Gasteiger partial charge in [0.25, 0.3) is 0 Å². The number of rotatable bonds is 3. The zero-order chi connectivity index (χ0) is 8.81. The van der Waals surface area contributed by atoms with Crippen LogP contribution in [0.15, 0.2) is 11.6 Å². The molecule has 12 heavy (non-hydrogen) atoms. The summed E-state index contributed by atoms with van der Waals surface area (Å²) in [6.45, 7) is 6.96. The van der Waals surface area contributed by atoms with Gasteiger partial charge in [-0.15, -0.1) is 0 Å². The van der Waals surface area contributed by atoms with Crippen molar-refractivity contribution in [3.8, 4) is 0 Å². The summed E-state index contributed by atoms with van der Waals surface area (Å²) in [5.74, 6) is 0.851. The lowest BCUT2D eigenvalue weighted by Gasteiger charge is -2.15. The predicted octanol–water partition coefficient (Wildman–Crippen LogP) is 2.73. The van der Waals surface area contributed by atoms with Gasteiger partial charge in [-0.3, -0.25) is 0 Å². The highest BCUT2D eigenvalue weighted by Gasteiger charge is 2.03. The average molecular weight is 167 g/mol. The molecule has 0 atom stereocenters. The van der Waals surface area contributed by atoms with E-state index in [0.717, 1.165) is 5.92 Å². The molecule has 0 aromatic rings. The maximum Gasteiger partial charge on any atom is -0.00115 e. The summed E-state index contributed by atoms with van der Waals surface area (Å²) < 4.78 is 0. The lowest BCUT2D eigenvalue weighted by molar-refractivity contribution is 0.579. The molecule has 1 fully saturated rings. The number of hydrogen-bond donors (Lipinski definition) is 1. The van der Waals surface area contributed by atoms with Crippen LogP contribution in [0.2, 0.25) is 0 Å². The minimum absolute atomic E-state index is 0.851. The molecule has 0 radical (unpaired) electrons. The first-order chi connectivity index (χ1) is 5.79. The fourth-order valence-electron chi connectivity index (χ4n) is 1.57. The van der Waals surface area contributed by atoms with Crippen molar-refractivity contribution in [1.29, 1.82) is 0 Å². The average Bonchev–Trinajstić information content (AvgIpc) is 2.05. The van der Waals surface area contributed by atoms with Gasteiger partial charge in [0.2, 0.25) is 0 Å². The Labute approximate surface area is 76.2 Å². The van der Waals surface area contributed by atoms with Crippen molar-refractivity contribution >= 4 is 0 Å². The van der Waals surface area contributed by atoms with E-state index < -0.39 is 0 Å². The van der Waals surface area contributed by atoms with Gasteiger partial charge in [-0.25, -0.2) is 0 Å². The zero-order valence-electron chi connectivity index (χ0n) is 8.40. The minimum atomic E-state index is 0.851. The van der Waals surface area contributed by atoms with Gasteiger partial charge >= 0.3 is 0 Å². The molecule has 1 N–H and O–H groups in total. The zero-order valence-corrected chi connectivity index (χ0v) is 8.40. The van der Waals surface area contributed by atoms with Crippen molar-refractivity contribution in [2.45, 2.75) is 39.5 Å². The molecule has 0 saturated carbocycles. The minimum Gasteiger partial charge on any atom is -0.316 e. The molecule has 0 aliphatic carbocycles. The third-order valence-electron chi connectivity index (χ3n) is 2.42. The molecule has 1 heteroatoms. The van der Waals surface area contributed by atoms with Crippen LogP contribution >= 0.6 is 0 Å². The maximum absolute atomic E-state index is 3.37. The largest absolute Gasteiger partial charge is 0.316 e.